The van der Waals surface area contributed by atoms with Crippen LogP contribution in [0.2, 0.25) is 5.02 Å². The number of ether oxygens (including phenoxy) is 1. The van der Waals surface area contributed by atoms with Crippen molar-refractivity contribution >= 4 is 41.0 Å². The Morgan fingerprint density at radius 2 is 1.81 bits per heavy atom. The molecule has 0 saturated carbocycles. The van der Waals surface area contributed by atoms with Gasteiger partial charge in [0.2, 0.25) is 5.91 Å². The maximum absolute atomic E-state index is 12.3. The number of hydrazine groups is 1. The number of benzene rings is 2. The Morgan fingerprint density at radius 3 is 2.48 bits per heavy atom. The van der Waals surface area contributed by atoms with Crippen LogP contribution in [0.25, 0.3) is 0 Å². The van der Waals surface area contributed by atoms with Crippen LogP contribution in [0.3, 0.4) is 0 Å². The number of aryl methyl sites for hydroxylation is 1. The van der Waals surface area contributed by atoms with E-state index in [1.54, 1.807) is 18.2 Å². The van der Waals surface area contributed by atoms with Crippen LogP contribution in [-0.2, 0) is 25.5 Å². The third-order valence-corrected chi connectivity index (χ3v) is 5.22. The largest absolute Gasteiger partial charge is 0.455 e. The molecule has 2 aromatic carbocycles. The summed E-state index contributed by atoms with van der Waals surface area (Å²) in [5, 5.41) is 0.237. The van der Waals surface area contributed by atoms with E-state index < -0.39 is 30.3 Å². The number of carbonyl (C=O) groups excluding carboxylic acids is 4. The summed E-state index contributed by atoms with van der Waals surface area (Å²) in [4.78, 5) is 50.0. The van der Waals surface area contributed by atoms with Crippen molar-refractivity contribution in [1.82, 2.24) is 10.9 Å². The van der Waals surface area contributed by atoms with Crippen molar-refractivity contribution in [2.24, 2.45) is 5.92 Å². The SMILES string of the molecule is CCc1ccc(N2C[C@@H](C(=O)OCC(=O)NNC(=O)c3ccccc3Cl)CC2=O)cc1. The van der Waals surface area contributed by atoms with Crippen molar-refractivity contribution in [3.8, 4) is 0 Å². The Hall–Kier alpha value is -3.39. The molecule has 3 amide bonds. The number of esters is 1. The number of hydrogen-bond donors (Lipinski definition) is 2. The summed E-state index contributed by atoms with van der Waals surface area (Å²) in [5.74, 6) is -2.80. The van der Waals surface area contributed by atoms with Gasteiger partial charge in [-0.3, -0.25) is 30.0 Å². The predicted molar refractivity (Wildman–Crippen MR) is 114 cm³/mol. The molecule has 1 aliphatic rings. The van der Waals surface area contributed by atoms with E-state index in [4.69, 9.17) is 16.3 Å². The van der Waals surface area contributed by atoms with Gasteiger partial charge in [-0.1, -0.05) is 42.8 Å². The number of hydrogen-bond acceptors (Lipinski definition) is 5. The van der Waals surface area contributed by atoms with Crippen LogP contribution < -0.4 is 15.8 Å². The van der Waals surface area contributed by atoms with Gasteiger partial charge in [0.25, 0.3) is 11.8 Å². The maximum Gasteiger partial charge on any atom is 0.311 e. The molecule has 9 heteroatoms. The summed E-state index contributed by atoms with van der Waals surface area (Å²) in [5.41, 5.74) is 6.42. The Balaban J connectivity index is 1.46. The van der Waals surface area contributed by atoms with Gasteiger partial charge in [-0.15, -0.1) is 0 Å². The fraction of sp³-hybridized carbons (Fsp3) is 0.273. The summed E-state index contributed by atoms with van der Waals surface area (Å²) in [7, 11) is 0. The van der Waals surface area contributed by atoms with E-state index in [1.807, 2.05) is 31.2 Å². The number of carbonyl (C=O) groups is 4. The summed E-state index contributed by atoms with van der Waals surface area (Å²) in [6.45, 7) is 1.64. The second-order valence-corrected chi connectivity index (χ2v) is 7.42. The average Bonchev–Trinajstić information content (AvgIpc) is 3.17. The first-order chi connectivity index (χ1) is 14.9. The molecule has 3 rings (SSSR count). The molecule has 1 heterocycles. The molecule has 0 spiro atoms. The van der Waals surface area contributed by atoms with Gasteiger partial charge in [0.05, 0.1) is 16.5 Å². The highest BCUT2D eigenvalue weighted by molar-refractivity contribution is 6.33. The van der Waals surface area contributed by atoms with Crippen LogP contribution in [0, 0.1) is 5.92 Å². The molecular formula is C22H22ClN3O5. The minimum absolute atomic E-state index is 0.0131. The fourth-order valence-electron chi connectivity index (χ4n) is 3.16. The third-order valence-electron chi connectivity index (χ3n) is 4.89. The zero-order chi connectivity index (χ0) is 22.4. The lowest BCUT2D eigenvalue weighted by Gasteiger charge is -2.17. The third kappa shape index (κ3) is 5.61. The molecule has 1 saturated heterocycles. The summed E-state index contributed by atoms with van der Waals surface area (Å²) in [6, 6.07) is 13.9. The molecular weight excluding hydrogens is 422 g/mol. The lowest BCUT2D eigenvalue weighted by Crippen LogP contribution is -2.44. The van der Waals surface area contributed by atoms with Crippen molar-refractivity contribution in [2.45, 2.75) is 19.8 Å². The summed E-state index contributed by atoms with van der Waals surface area (Å²) >= 11 is 5.92. The maximum atomic E-state index is 12.3. The molecule has 1 atom stereocenters. The lowest BCUT2D eigenvalue weighted by atomic mass is 10.1. The number of rotatable bonds is 6. The molecule has 2 N–H and O–H groups in total. The van der Waals surface area contributed by atoms with Crippen LogP contribution in [0.4, 0.5) is 5.69 Å². The minimum atomic E-state index is -0.718. The van der Waals surface area contributed by atoms with Gasteiger partial charge in [-0.2, -0.15) is 0 Å². The van der Waals surface area contributed by atoms with Gasteiger partial charge in [-0.05, 0) is 36.2 Å². The second kappa shape index (κ2) is 10.1. The van der Waals surface area contributed by atoms with Crippen LogP contribution >= 0.6 is 11.6 Å². The molecule has 1 fully saturated rings. The molecule has 0 bridgehead atoms. The zero-order valence-corrected chi connectivity index (χ0v) is 17.6. The normalized spacial score (nSPS) is 15.5. The first-order valence-electron chi connectivity index (χ1n) is 9.78. The highest BCUT2D eigenvalue weighted by Gasteiger charge is 2.36. The van der Waals surface area contributed by atoms with Gasteiger partial charge >= 0.3 is 5.97 Å². The fourth-order valence-corrected chi connectivity index (χ4v) is 3.38. The number of amides is 3. The van der Waals surface area contributed by atoms with Gasteiger partial charge in [0.1, 0.15) is 0 Å². The molecule has 2 aromatic rings. The first-order valence-corrected chi connectivity index (χ1v) is 10.2. The highest BCUT2D eigenvalue weighted by Crippen LogP contribution is 2.26. The first kappa shape index (κ1) is 22.3. The van der Waals surface area contributed by atoms with E-state index >= 15 is 0 Å². The molecule has 0 aromatic heterocycles. The van der Waals surface area contributed by atoms with Crippen LogP contribution in [-0.4, -0.2) is 36.8 Å². The Labute approximate surface area is 184 Å². The van der Waals surface area contributed by atoms with Gasteiger partial charge in [0.15, 0.2) is 6.61 Å². The molecule has 0 radical (unpaired) electrons. The number of halogens is 1. The van der Waals surface area contributed by atoms with Crippen LogP contribution in [0.5, 0.6) is 0 Å². The van der Waals surface area contributed by atoms with E-state index in [0.717, 1.165) is 17.7 Å². The lowest BCUT2D eigenvalue weighted by molar-refractivity contribution is -0.152. The number of anilines is 1. The second-order valence-electron chi connectivity index (χ2n) is 7.02. The van der Waals surface area contributed by atoms with Crippen molar-refractivity contribution in [2.75, 3.05) is 18.1 Å². The van der Waals surface area contributed by atoms with E-state index in [0.29, 0.717) is 0 Å². The number of nitrogens with one attached hydrogen (secondary N) is 2. The van der Waals surface area contributed by atoms with Crippen LogP contribution in [0.1, 0.15) is 29.3 Å². The molecule has 0 unspecified atom stereocenters. The Bertz CT molecular complexity index is 993. The molecule has 31 heavy (non-hydrogen) atoms. The Morgan fingerprint density at radius 1 is 1.10 bits per heavy atom. The topological polar surface area (TPSA) is 105 Å². The van der Waals surface area contributed by atoms with E-state index in [9.17, 15) is 19.2 Å². The average molecular weight is 444 g/mol. The highest BCUT2D eigenvalue weighted by atomic mass is 35.5. The molecule has 8 nitrogen and oxygen atoms in total. The van der Waals surface area contributed by atoms with Crippen molar-refractivity contribution in [3.05, 3.63) is 64.7 Å². The van der Waals surface area contributed by atoms with Gasteiger partial charge in [-0.25, -0.2) is 0 Å². The van der Waals surface area contributed by atoms with E-state index in [1.165, 1.54) is 11.0 Å². The standard InChI is InChI=1S/C22H22ClN3O5/c1-2-14-7-9-16(10-8-14)26-12-15(11-20(26)28)22(30)31-13-19(27)24-25-21(29)17-5-3-4-6-18(17)23/h3-10,15H,2,11-13H2,1H3,(H,24,27)(H,25,29)/t15-/m0/s1. The van der Waals surface area contributed by atoms with Crippen LogP contribution in [0.15, 0.2) is 48.5 Å². The van der Waals surface area contributed by atoms with Crippen molar-refractivity contribution in [3.63, 3.8) is 0 Å². The minimum Gasteiger partial charge on any atom is -0.455 e. The van der Waals surface area contributed by atoms with Crippen molar-refractivity contribution < 1.29 is 23.9 Å². The van der Waals surface area contributed by atoms with Gasteiger partial charge in [0, 0.05) is 18.7 Å². The van der Waals surface area contributed by atoms with E-state index in [2.05, 4.69) is 10.9 Å². The van der Waals surface area contributed by atoms with Crippen molar-refractivity contribution in [1.29, 1.82) is 0 Å². The smallest absolute Gasteiger partial charge is 0.311 e. The Kier molecular flexibility index (Phi) is 7.25. The monoisotopic (exact) mass is 443 g/mol. The summed E-state index contributed by atoms with van der Waals surface area (Å²) in [6.07, 6.45) is 0.906. The molecule has 1 aliphatic heterocycles. The quantitative estimate of drug-likeness (QED) is 0.526. The van der Waals surface area contributed by atoms with E-state index in [-0.39, 0.29) is 29.5 Å². The van der Waals surface area contributed by atoms with Gasteiger partial charge < -0.3 is 9.64 Å². The number of nitrogens with zero attached hydrogens (tertiary/aromatic N) is 1. The zero-order valence-electron chi connectivity index (χ0n) is 16.9. The predicted octanol–water partition coefficient (Wildman–Crippen LogP) is 2.26. The molecule has 0 aliphatic carbocycles. The summed E-state index contributed by atoms with van der Waals surface area (Å²) < 4.78 is 5.01. The molecule has 162 valence electrons.